The number of nitrogens with zero attached hydrogens (tertiary/aromatic N) is 2. The summed E-state index contributed by atoms with van der Waals surface area (Å²) >= 11 is 0. The standard InChI is InChI=1S/C15H22N4O2/c1-4-19-15(13(20-3)10-17-19)14(18-16)11-7-6-8-12(9-11)21-5-2/h6-10,14,18H,4-5,16H2,1-3H3. The first kappa shape index (κ1) is 15.3. The fourth-order valence-electron chi connectivity index (χ4n) is 2.36. The molecule has 1 aromatic heterocycles. The molecule has 0 bridgehead atoms. The van der Waals surface area contributed by atoms with Gasteiger partial charge in [0, 0.05) is 6.54 Å². The van der Waals surface area contributed by atoms with E-state index >= 15 is 0 Å². The van der Waals surface area contributed by atoms with Crippen LogP contribution in [0.3, 0.4) is 0 Å². The highest BCUT2D eigenvalue weighted by molar-refractivity contribution is 5.39. The summed E-state index contributed by atoms with van der Waals surface area (Å²) in [6.45, 7) is 5.35. The zero-order valence-corrected chi connectivity index (χ0v) is 12.7. The van der Waals surface area contributed by atoms with E-state index < -0.39 is 0 Å². The van der Waals surface area contributed by atoms with Crippen molar-refractivity contribution >= 4 is 0 Å². The third-order valence-corrected chi connectivity index (χ3v) is 3.31. The molecule has 6 heteroatoms. The minimum absolute atomic E-state index is 0.220. The Bertz CT molecular complexity index is 561. The molecule has 0 saturated heterocycles. The van der Waals surface area contributed by atoms with Crippen molar-refractivity contribution in [1.82, 2.24) is 15.2 Å². The van der Waals surface area contributed by atoms with Gasteiger partial charge in [0.25, 0.3) is 0 Å². The number of nitrogens with two attached hydrogens (primary N) is 1. The second-order valence-electron chi connectivity index (χ2n) is 4.52. The maximum Gasteiger partial charge on any atom is 0.161 e. The van der Waals surface area contributed by atoms with E-state index in [0.29, 0.717) is 12.4 Å². The summed E-state index contributed by atoms with van der Waals surface area (Å²) in [5.74, 6) is 7.31. The minimum atomic E-state index is -0.220. The predicted molar refractivity (Wildman–Crippen MR) is 81.2 cm³/mol. The number of aromatic nitrogens is 2. The first-order valence-electron chi connectivity index (χ1n) is 7.03. The van der Waals surface area contributed by atoms with Gasteiger partial charge >= 0.3 is 0 Å². The quantitative estimate of drug-likeness (QED) is 0.601. The molecule has 3 N–H and O–H groups in total. The summed E-state index contributed by atoms with van der Waals surface area (Å²) in [5.41, 5.74) is 4.74. The number of hydrazine groups is 1. The van der Waals surface area contributed by atoms with Crippen LogP contribution in [0.5, 0.6) is 11.5 Å². The van der Waals surface area contributed by atoms with Crippen molar-refractivity contribution in [2.45, 2.75) is 26.4 Å². The topological polar surface area (TPSA) is 74.3 Å². The van der Waals surface area contributed by atoms with E-state index in [2.05, 4.69) is 10.5 Å². The van der Waals surface area contributed by atoms with Gasteiger partial charge in [-0.1, -0.05) is 12.1 Å². The number of nitrogens with one attached hydrogen (secondary N) is 1. The molecule has 0 radical (unpaired) electrons. The van der Waals surface area contributed by atoms with Crippen LogP contribution in [0.1, 0.15) is 31.1 Å². The van der Waals surface area contributed by atoms with Gasteiger partial charge < -0.3 is 9.47 Å². The first-order chi connectivity index (χ1) is 10.2. The van der Waals surface area contributed by atoms with Gasteiger partial charge in [-0.3, -0.25) is 10.5 Å². The molecule has 1 aromatic carbocycles. The van der Waals surface area contributed by atoms with Crippen molar-refractivity contribution in [2.24, 2.45) is 5.84 Å². The molecule has 0 saturated carbocycles. The van der Waals surface area contributed by atoms with Crippen LogP contribution in [-0.2, 0) is 6.54 Å². The van der Waals surface area contributed by atoms with Crippen molar-refractivity contribution in [2.75, 3.05) is 13.7 Å². The van der Waals surface area contributed by atoms with Crippen molar-refractivity contribution in [3.63, 3.8) is 0 Å². The van der Waals surface area contributed by atoms with Crippen LogP contribution in [0.15, 0.2) is 30.5 Å². The highest BCUT2D eigenvalue weighted by atomic mass is 16.5. The van der Waals surface area contributed by atoms with Crippen molar-refractivity contribution < 1.29 is 9.47 Å². The average molecular weight is 290 g/mol. The average Bonchev–Trinajstić information content (AvgIpc) is 2.92. The highest BCUT2D eigenvalue weighted by Crippen LogP contribution is 2.31. The van der Waals surface area contributed by atoms with Gasteiger partial charge in [-0.15, -0.1) is 0 Å². The van der Waals surface area contributed by atoms with E-state index in [0.717, 1.165) is 23.6 Å². The molecule has 0 fully saturated rings. The molecule has 1 unspecified atom stereocenters. The Balaban J connectivity index is 2.44. The molecule has 114 valence electrons. The molecule has 0 aliphatic rings. The zero-order chi connectivity index (χ0) is 15.2. The molecule has 2 aromatic rings. The Labute approximate surface area is 124 Å². The summed E-state index contributed by atoms with van der Waals surface area (Å²) in [7, 11) is 1.63. The third-order valence-electron chi connectivity index (χ3n) is 3.31. The largest absolute Gasteiger partial charge is 0.494 e. The third kappa shape index (κ3) is 3.17. The van der Waals surface area contributed by atoms with Gasteiger partial charge in [0.15, 0.2) is 5.75 Å². The fourth-order valence-corrected chi connectivity index (χ4v) is 2.36. The van der Waals surface area contributed by atoms with Gasteiger partial charge in [-0.25, -0.2) is 5.43 Å². The predicted octanol–water partition coefficient (Wildman–Crippen LogP) is 1.86. The molecule has 0 spiro atoms. The van der Waals surface area contributed by atoms with Crippen molar-refractivity contribution in [1.29, 1.82) is 0 Å². The molecule has 1 heterocycles. The van der Waals surface area contributed by atoms with Crippen LogP contribution in [0.2, 0.25) is 0 Å². The summed E-state index contributed by atoms with van der Waals surface area (Å²) < 4.78 is 12.8. The smallest absolute Gasteiger partial charge is 0.161 e. The second-order valence-corrected chi connectivity index (χ2v) is 4.52. The lowest BCUT2D eigenvalue weighted by atomic mass is 10.0. The van der Waals surface area contributed by atoms with Crippen LogP contribution in [-0.4, -0.2) is 23.5 Å². The Morgan fingerprint density at radius 1 is 1.38 bits per heavy atom. The van der Waals surface area contributed by atoms with E-state index in [4.69, 9.17) is 15.3 Å². The number of hydrogen-bond donors (Lipinski definition) is 2. The molecule has 0 aliphatic carbocycles. The van der Waals surface area contributed by atoms with E-state index in [9.17, 15) is 0 Å². The lowest BCUT2D eigenvalue weighted by molar-refractivity contribution is 0.339. The Hall–Kier alpha value is -2.05. The van der Waals surface area contributed by atoms with Crippen molar-refractivity contribution in [3.05, 3.63) is 41.7 Å². The zero-order valence-electron chi connectivity index (χ0n) is 12.7. The summed E-state index contributed by atoms with van der Waals surface area (Å²) in [6.07, 6.45) is 1.70. The molecular weight excluding hydrogens is 268 g/mol. The molecule has 21 heavy (non-hydrogen) atoms. The summed E-state index contributed by atoms with van der Waals surface area (Å²) in [6, 6.07) is 7.63. The van der Waals surface area contributed by atoms with E-state index in [1.807, 2.05) is 42.8 Å². The van der Waals surface area contributed by atoms with Gasteiger partial charge in [-0.05, 0) is 31.5 Å². The van der Waals surface area contributed by atoms with E-state index in [-0.39, 0.29) is 6.04 Å². The normalized spacial score (nSPS) is 12.2. The Kier molecular flexibility index (Phi) is 5.19. The number of methoxy groups -OCH3 is 1. The lowest BCUT2D eigenvalue weighted by Crippen LogP contribution is -2.31. The molecule has 1 atom stereocenters. The van der Waals surface area contributed by atoms with Crippen molar-refractivity contribution in [3.8, 4) is 11.5 Å². The number of hydrogen-bond acceptors (Lipinski definition) is 5. The maximum absolute atomic E-state index is 5.78. The first-order valence-corrected chi connectivity index (χ1v) is 7.03. The molecule has 0 aliphatic heterocycles. The highest BCUT2D eigenvalue weighted by Gasteiger charge is 2.22. The van der Waals surface area contributed by atoms with Crippen LogP contribution < -0.4 is 20.7 Å². The summed E-state index contributed by atoms with van der Waals surface area (Å²) in [5, 5.41) is 4.32. The SMILES string of the molecule is CCOc1cccc(C(NN)c2c(OC)cnn2CC)c1. The minimum Gasteiger partial charge on any atom is -0.494 e. The number of ether oxygens (including phenoxy) is 2. The van der Waals surface area contributed by atoms with E-state index in [1.54, 1.807) is 13.3 Å². The molecule has 6 nitrogen and oxygen atoms in total. The van der Waals surface area contributed by atoms with E-state index in [1.165, 1.54) is 0 Å². The van der Waals surface area contributed by atoms with Gasteiger partial charge in [0.2, 0.25) is 0 Å². The Morgan fingerprint density at radius 2 is 2.19 bits per heavy atom. The lowest BCUT2D eigenvalue weighted by Gasteiger charge is -2.19. The Morgan fingerprint density at radius 3 is 2.81 bits per heavy atom. The molecule has 2 rings (SSSR count). The van der Waals surface area contributed by atoms with Gasteiger partial charge in [0.1, 0.15) is 11.4 Å². The molecular formula is C15H22N4O2. The van der Waals surface area contributed by atoms with Crippen LogP contribution >= 0.6 is 0 Å². The monoisotopic (exact) mass is 290 g/mol. The number of benzene rings is 1. The molecule has 0 amide bonds. The van der Waals surface area contributed by atoms with Crippen LogP contribution in [0.25, 0.3) is 0 Å². The van der Waals surface area contributed by atoms with Crippen LogP contribution in [0, 0.1) is 0 Å². The van der Waals surface area contributed by atoms with Gasteiger partial charge in [-0.2, -0.15) is 5.10 Å². The van der Waals surface area contributed by atoms with Gasteiger partial charge in [0.05, 0.1) is 26.0 Å². The maximum atomic E-state index is 5.78. The number of aryl methyl sites for hydroxylation is 1. The fraction of sp³-hybridized carbons (Fsp3) is 0.400. The van der Waals surface area contributed by atoms with Crippen LogP contribution in [0.4, 0.5) is 0 Å². The number of rotatable bonds is 7. The second kappa shape index (κ2) is 7.10. The summed E-state index contributed by atoms with van der Waals surface area (Å²) in [4.78, 5) is 0.